The highest BCUT2D eigenvalue weighted by molar-refractivity contribution is 7.99. The van der Waals surface area contributed by atoms with E-state index in [9.17, 15) is 14.0 Å². The first-order chi connectivity index (χ1) is 11.0. The van der Waals surface area contributed by atoms with Crippen molar-refractivity contribution >= 4 is 23.5 Å². The Hall–Kier alpha value is -2.22. The molecule has 6 nitrogen and oxygen atoms in total. The average molecular weight is 336 g/mol. The standard InChI is InChI=1S/C15H17FN4O2S/c1-2-20-14(7-6-13(17)22)18-19-15(20)23-9-12(21)10-4-3-5-11(16)8-10/h3-5,8H,2,6-7,9H2,1H3,(H2,17,22). The highest BCUT2D eigenvalue weighted by atomic mass is 32.2. The zero-order valence-corrected chi connectivity index (χ0v) is 13.5. The molecular formula is C15H17FN4O2S. The van der Waals surface area contributed by atoms with Gasteiger partial charge in [-0.1, -0.05) is 23.9 Å². The summed E-state index contributed by atoms with van der Waals surface area (Å²) in [5, 5.41) is 8.68. The maximum atomic E-state index is 13.1. The molecule has 0 aliphatic rings. The van der Waals surface area contributed by atoms with Gasteiger partial charge >= 0.3 is 0 Å². The van der Waals surface area contributed by atoms with Crippen LogP contribution in [0.15, 0.2) is 29.4 Å². The van der Waals surface area contributed by atoms with E-state index in [1.807, 2.05) is 11.5 Å². The van der Waals surface area contributed by atoms with Crippen molar-refractivity contribution in [2.45, 2.75) is 31.5 Å². The number of hydrogen-bond acceptors (Lipinski definition) is 5. The summed E-state index contributed by atoms with van der Waals surface area (Å²) in [6.45, 7) is 2.55. The zero-order valence-electron chi connectivity index (χ0n) is 12.7. The first-order valence-electron chi connectivity index (χ1n) is 7.13. The molecule has 0 spiro atoms. The van der Waals surface area contributed by atoms with Crippen LogP contribution in [0.25, 0.3) is 0 Å². The second-order valence-corrected chi connectivity index (χ2v) is 5.77. The van der Waals surface area contributed by atoms with Crippen molar-refractivity contribution in [1.82, 2.24) is 14.8 Å². The minimum atomic E-state index is -0.439. The van der Waals surface area contributed by atoms with Crippen LogP contribution in [0.4, 0.5) is 4.39 Å². The fraction of sp³-hybridized carbons (Fsp3) is 0.333. The second-order valence-electron chi connectivity index (χ2n) is 4.83. The molecule has 122 valence electrons. The van der Waals surface area contributed by atoms with E-state index in [0.717, 1.165) is 0 Å². The maximum absolute atomic E-state index is 13.1. The molecule has 0 saturated heterocycles. The Morgan fingerprint density at radius 1 is 1.35 bits per heavy atom. The number of nitrogens with two attached hydrogens (primary N) is 1. The molecular weight excluding hydrogens is 319 g/mol. The number of rotatable bonds is 8. The van der Waals surface area contributed by atoms with Gasteiger partial charge < -0.3 is 10.3 Å². The second kappa shape index (κ2) is 7.87. The highest BCUT2D eigenvalue weighted by Crippen LogP contribution is 2.19. The van der Waals surface area contributed by atoms with Crippen molar-refractivity contribution in [2.24, 2.45) is 5.73 Å². The number of primary amides is 1. The lowest BCUT2D eigenvalue weighted by molar-refractivity contribution is -0.118. The number of Topliss-reactive ketones (excluding diaryl/α,β-unsaturated/α-hetero) is 1. The summed E-state index contributed by atoms with van der Waals surface area (Å²) in [6, 6.07) is 5.59. The number of benzene rings is 1. The molecule has 1 aromatic heterocycles. The van der Waals surface area contributed by atoms with Gasteiger partial charge in [0.25, 0.3) is 0 Å². The number of thioether (sulfide) groups is 1. The van der Waals surface area contributed by atoms with Gasteiger partial charge in [-0.3, -0.25) is 9.59 Å². The molecule has 2 N–H and O–H groups in total. The average Bonchev–Trinajstić information content (AvgIpc) is 2.92. The van der Waals surface area contributed by atoms with Gasteiger partial charge in [0.2, 0.25) is 5.91 Å². The third-order valence-corrected chi connectivity index (χ3v) is 4.15. The molecule has 8 heteroatoms. The minimum absolute atomic E-state index is 0.136. The SMILES string of the molecule is CCn1c(CCC(N)=O)nnc1SCC(=O)c1cccc(F)c1. The molecule has 1 amide bonds. The topological polar surface area (TPSA) is 90.9 Å². The van der Waals surface area contributed by atoms with Crippen LogP contribution >= 0.6 is 11.8 Å². The van der Waals surface area contributed by atoms with Gasteiger partial charge in [-0.2, -0.15) is 0 Å². The number of nitrogens with zero attached hydrogens (tertiary/aromatic N) is 3. The Labute approximate surface area is 137 Å². The summed E-state index contributed by atoms with van der Waals surface area (Å²) in [4.78, 5) is 22.9. The largest absolute Gasteiger partial charge is 0.370 e. The molecule has 2 aromatic rings. The number of carbonyl (C=O) groups is 2. The van der Waals surface area contributed by atoms with E-state index in [1.165, 1.54) is 30.0 Å². The van der Waals surface area contributed by atoms with Gasteiger partial charge in [0.15, 0.2) is 10.9 Å². The van der Waals surface area contributed by atoms with E-state index in [1.54, 1.807) is 6.07 Å². The normalized spacial score (nSPS) is 10.7. The molecule has 0 saturated carbocycles. The molecule has 0 atom stereocenters. The number of aryl methyl sites for hydroxylation is 1. The molecule has 0 aliphatic heterocycles. The Morgan fingerprint density at radius 2 is 2.13 bits per heavy atom. The summed E-state index contributed by atoms with van der Waals surface area (Å²) in [7, 11) is 0. The van der Waals surface area contributed by atoms with Crippen molar-refractivity contribution < 1.29 is 14.0 Å². The van der Waals surface area contributed by atoms with Crippen LogP contribution in [0, 0.1) is 5.82 Å². The van der Waals surface area contributed by atoms with Crippen LogP contribution in [0.2, 0.25) is 0 Å². The summed E-state index contributed by atoms with van der Waals surface area (Å²) < 4.78 is 15.0. The molecule has 0 fully saturated rings. The van der Waals surface area contributed by atoms with Crippen molar-refractivity contribution in [1.29, 1.82) is 0 Å². The van der Waals surface area contributed by atoms with E-state index in [2.05, 4.69) is 10.2 Å². The molecule has 0 unspecified atom stereocenters. The molecule has 2 rings (SSSR count). The smallest absolute Gasteiger partial charge is 0.217 e. The summed E-state index contributed by atoms with van der Waals surface area (Å²) >= 11 is 1.24. The molecule has 0 aliphatic carbocycles. The lowest BCUT2D eigenvalue weighted by Gasteiger charge is -2.06. The molecule has 23 heavy (non-hydrogen) atoms. The van der Waals surface area contributed by atoms with Crippen LogP contribution in [0.3, 0.4) is 0 Å². The highest BCUT2D eigenvalue weighted by Gasteiger charge is 2.14. The van der Waals surface area contributed by atoms with Gasteiger partial charge in [0.1, 0.15) is 11.6 Å². The number of hydrogen-bond donors (Lipinski definition) is 1. The fourth-order valence-electron chi connectivity index (χ4n) is 2.04. The van der Waals surface area contributed by atoms with Crippen molar-refractivity contribution in [2.75, 3.05) is 5.75 Å². The van der Waals surface area contributed by atoms with E-state index in [0.29, 0.717) is 29.5 Å². The zero-order chi connectivity index (χ0) is 16.8. The fourth-order valence-corrected chi connectivity index (χ4v) is 2.95. The van der Waals surface area contributed by atoms with E-state index >= 15 is 0 Å². The lowest BCUT2D eigenvalue weighted by atomic mass is 10.1. The summed E-state index contributed by atoms with van der Waals surface area (Å²) in [5.74, 6) is -0.222. The molecule has 1 heterocycles. The third-order valence-electron chi connectivity index (χ3n) is 3.18. The van der Waals surface area contributed by atoms with E-state index in [4.69, 9.17) is 5.73 Å². The summed E-state index contributed by atoms with van der Waals surface area (Å²) in [5.41, 5.74) is 5.46. The van der Waals surface area contributed by atoms with Crippen LogP contribution < -0.4 is 5.73 Å². The first-order valence-corrected chi connectivity index (χ1v) is 8.11. The van der Waals surface area contributed by atoms with Crippen molar-refractivity contribution in [3.05, 3.63) is 41.5 Å². The maximum Gasteiger partial charge on any atom is 0.217 e. The number of amides is 1. The third kappa shape index (κ3) is 4.62. The number of ketones is 1. The Bertz CT molecular complexity index is 717. The van der Waals surface area contributed by atoms with Gasteiger partial charge in [-0.25, -0.2) is 4.39 Å². The van der Waals surface area contributed by atoms with Crippen LogP contribution in [0.5, 0.6) is 0 Å². The predicted octanol–water partition coefficient (Wildman–Crippen LogP) is 1.83. The molecule has 0 radical (unpaired) electrons. The monoisotopic (exact) mass is 336 g/mol. The first kappa shape index (κ1) is 17.1. The number of halogens is 1. The van der Waals surface area contributed by atoms with Gasteiger partial charge in [0, 0.05) is 24.9 Å². The Balaban J connectivity index is 2.02. The number of carbonyl (C=O) groups excluding carboxylic acids is 2. The quantitative estimate of drug-likeness (QED) is 0.586. The van der Waals surface area contributed by atoms with Crippen molar-refractivity contribution in [3.63, 3.8) is 0 Å². The van der Waals surface area contributed by atoms with Crippen molar-refractivity contribution in [3.8, 4) is 0 Å². The van der Waals surface area contributed by atoms with E-state index < -0.39 is 11.7 Å². The van der Waals surface area contributed by atoms with Crippen LogP contribution in [-0.4, -0.2) is 32.2 Å². The Morgan fingerprint density at radius 3 is 2.78 bits per heavy atom. The minimum Gasteiger partial charge on any atom is -0.370 e. The lowest BCUT2D eigenvalue weighted by Crippen LogP contribution is -2.13. The van der Waals surface area contributed by atoms with Crippen LogP contribution in [0.1, 0.15) is 29.5 Å². The van der Waals surface area contributed by atoms with Gasteiger partial charge in [-0.05, 0) is 19.1 Å². The Kier molecular flexibility index (Phi) is 5.86. The van der Waals surface area contributed by atoms with Crippen LogP contribution in [-0.2, 0) is 17.8 Å². The molecule has 1 aromatic carbocycles. The summed E-state index contributed by atoms with van der Waals surface area (Å²) in [6.07, 6.45) is 0.611. The van der Waals surface area contributed by atoms with Gasteiger partial charge in [0.05, 0.1) is 5.75 Å². The molecule has 0 bridgehead atoms. The van der Waals surface area contributed by atoms with Gasteiger partial charge in [-0.15, -0.1) is 10.2 Å². The predicted molar refractivity (Wildman–Crippen MR) is 84.7 cm³/mol. The number of aromatic nitrogens is 3. The van der Waals surface area contributed by atoms with E-state index in [-0.39, 0.29) is 18.0 Å².